The minimum absolute atomic E-state index is 0.346. The van der Waals surface area contributed by atoms with Crippen LogP contribution in [0.3, 0.4) is 0 Å². The lowest BCUT2D eigenvalue weighted by Gasteiger charge is -2.18. The summed E-state index contributed by atoms with van der Waals surface area (Å²) in [5.74, 6) is -0.0578. The van der Waals surface area contributed by atoms with E-state index in [9.17, 15) is 9.90 Å². The van der Waals surface area contributed by atoms with Gasteiger partial charge in [-0.1, -0.05) is 6.07 Å². The average molecular weight is 302 g/mol. The summed E-state index contributed by atoms with van der Waals surface area (Å²) in [6, 6.07) is 5.22. The fourth-order valence-corrected chi connectivity index (χ4v) is 1.61. The van der Waals surface area contributed by atoms with Crippen LogP contribution in [0, 0.1) is 0 Å². The molecule has 22 heavy (non-hydrogen) atoms. The molecule has 0 aromatic carbocycles. The Labute approximate surface area is 130 Å². The minimum atomic E-state index is -1.06. The molecule has 0 spiro atoms. The number of pyridine rings is 1. The summed E-state index contributed by atoms with van der Waals surface area (Å²) in [7, 11) is 0. The number of carbonyl (C=O) groups excluding carboxylic acids is 1. The summed E-state index contributed by atoms with van der Waals surface area (Å²) in [6.07, 6.45) is 1.66. The number of hydrogen-bond donors (Lipinski definition) is 3. The average Bonchev–Trinajstić information content (AvgIpc) is 2.44. The third-order valence-electron chi connectivity index (χ3n) is 3.01. The number of hydrogen-bond acceptors (Lipinski definition) is 5. The van der Waals surface area contributed by atoms with E-state index in [-0.39, 0.29) is 0 Å². The van der Waals surface area contributed by atoms with Crippen molar-refractivity contribution in [1.29, 1.82) is 0 Å². The Morgan fingerprint density at radius 2 is 2.09 bits per heavy atom. The molecule has 6 nitrogen and oxygen atoms in total. The van der Waals surface area contributed by atoms with Crippen LogP contribution in [-0.2, 0) is 10.4 Å². The Kier molecular flexibility index (Phi) is 5.59. The summed E-state index contributed by atoms with van der Waals surface area (Å²) in [5.41, 5.74) is 6.24. The first-order chi connectivity index (χ1) is 10.1. The number of primary amides is 1. The first-order valence-electron chi connectivity index (χ1n) is 6.77. The van der Waals surface area contributed by atoms with Gasteiger partial charge in [-0.05, 0) is 52.6 Å². The summed E-state index contributed by atoms with van der Waals surface area (Å²) in [4.78, 5) is 19.5. The molecule has 1 aromatic rings. The van der Waals surface area contributed by atoms with Crippen molar-refractivity contribution in [2.24, 2.45) is 10.7 Å². The van der Waals surface area contributed by atoms with Crippen molar-refractivity contribution in [2.45, 2.75) is 33.3 Å². The third-order valence-corrected chi connectivity index (χ3v) is 3.01. The fourth-order valence-electron chi connectivity index (χ4n) is 1.61. The van der Waals surface area contributed by atoms with Gasteiger partial charge in [0, 0.05) is 17.0 Å². The Balaban J connectivity index is 3.24. The van der Waals surface area contributed by atoms with Gasteiger partial charge >= 0.3 is 0 Å². The summed E-state index contributed by atoms with van der Waals surface area (Å²) in [5, 5.41) is 13.0. The molecule has 0 radical (unpaired) electrons. The van der Waals surface area contributed by atoms with Crippen molar-refractivity contribution in [3.8, 4) is 0 Å². The zero-order valence-corrected chi connectivity index (χ0v) is 13.3. The van der Waals surface area contributed by atoms with Gasteiger partial charge in [0.05, 0.1) is 5.69 Å². The van der Waals surface area contributed by atoms with Crippen molar-refractivity contribution >= 4 is 18.4 Å². The zero-order valence-electron chi connectivity index (χ0n) is 13.3. The maximum absolute atomic E-state index is 11.4. The molecule has 4 N–H and O–H groups in total. The molecule has 0 bridgehead atoms. The molecule has 0 aliphatic rings. The Morgan fingerprint density at radius 1 is 1.45 bits per heavy atom. The monoisotopic (exact) mass is 302 g/mol. The molecule has 0 unspecified atom stereocenters. The lowest BCUT2D eigenvalue weighted by atomic mass is 10.1. The van der Waals surface area contributed by atoms with Crippen LogP contribution >= 0.6 is 0 Å². The van der Waals surface area contributed by atoms with Crippen molar-refractivity contribution < 1.29 is 9.90 Å². The summed E-state index contributed by atoms with van der Waals surface area (Å²) < 4.78 is 0. The van der Waals surface area contributed by atoms with E-state index in [1.54, 1.807) is 52.0 Å². The van der Waals surface area contributed by atoms with Crippen molar-refractivity contribution in [3.05, 3.63) is 46.9 Å². The predicted molar refractivity (Wildman–Crippen MR) is 88.3 cm³/mol. The van der Waals surface area contributed by atoms with E-state index < -0.39 is 11.5 Å². The number of allylic oxidation sites excluding steroid dienone is 2. The van der Waals surface area contributed by atoms with E-state index in [0.29, 0.717) is 28.5 Å². The number of rotatable bonds is 6. The van der Waals surface area contributed by atoms with Gasteiger partial charge in [-0.3, -0.25) is 9.79 Å². The molecule has 1 aromatic heterocycles. The minimum Gasteiger partial charge on any atom is -0.384 e. The molecule has 1 rings (SSSR count). The SMILES string of the molecule is C=N/C(C)=C\C(Nc1cccc(C(C)(C)O)n1)=C(/C)C(N)=O. The molecule has 1 heterocycles. The largest absolute Gasteiger partial charge is 0.384 e. The first-order valence-corrected chi connectivity index (χ1v) is 6.77. The van der Waals surface area contributed by atoms with Crippen molar-refractivity contribution in [2.75, 3.05) is 5.32 Å². The molecular weight excluding hydrogens is 280 g/mol. The maximum atomic E-state index is 11.4. The molecule has 6 heteroatoms. The summed E-state index contributed by atoms with van der Waals surface area (Å²) in [6.45, 7) is 10.1. The van der Waals surface area contributed by atoms with E-state index in [1.807, 2.05) is 0 Å². The smallest absolute Gasteiger partial charge is 0.246 e. The molecule has 0 saturated heterocycles. The number of anilines is 1. The molecule has 0 atom stereocenters. The van der Waals surface area contributed by atoms with E-state index >= 15 is 0 Å². The molecule has 0 fully saturated rings. The number of nitrogens with two attached hydrogens (primary N) is 1. The Bertz CT molecular complexity index is 640. The maximum Gasteiger partial charge on any atom is 0.246 e. The van der Waals surface area contributed by atoms with Crippen LogP contribution in [0.15, 0.2) is 46.2 Å². The Hall–Kier alpha value is -2.47. The topological polar surface area (TPSA) is 101 Å². The number of aromatic nitrogens is 1. The number of aliphatic imine (C=N–C) groups is 1. The number of carbonyl (C=O) groups is 1. The highest BCUT2D eigenvalue weighted by atomic mass is 16.3. The van der Waals surface area contributed by atoms with Crippen LogP contribution in [0.5, 0.6) is 0 Å². The van der Waals surface area contributed by atoms with Gasteiger partial charge in [0.1, 0.15) is 11.4 Å². The van der Waals surface area contributed by atoms with Gasteiger partial charge in [0.15, 0.2) is 0 Å². The highest BCUT2D eigenvalue weighted by Crippen LogP contribution is 2.20. The van der Waals surface area contributed by atoms with Crippen LogP contribution < -0.4 is 11.1 Å². The predicted octanol–water partition coefficient (Wildman–Crippen LogP) is 2.08. The van der Waals surface area contributed by atoms with Crippen LogP contribution in [0.1, 0.15) is 33.4 Å². The van der Waals surface area contributed by atoms with Crippen LogP contribution in [-0.4, -0.2) is 22.7 Å². The molecular formula is C16H22N4O2. The fraction of sp³-hybridized carbons (Fsp3) is 0.312. The van der Waals surface area contributed by atoms with E-state index in [1.165, 1.54) is 0 Å². The van der Waals surface area contributed by atoms with E-state index in [0.717, 1.165) is 0 Å². The molecule has 118 valence electrons. The third kappa shape index (κ3) is 4.82. The molecule has 1 amide bonds. The molecule has 0 aliphatic carbocycles. The van der Waals surface area contributed by atoms with Gasteiger partial charge in [-0.15, -0.1) is 0 Å². The van der Waals surface area contributed by atoms with Crippen LogP contribution in [0.25, 0.3) is 0 Å². The second-order valence-corrected chi connectivity index (χ2v) is 5.44. The number of nitrogens with one attached hydrogen (secondary N) is 1. The highest BCUT2D eigenvalue weighted by Gasteiger charge is 2.18. The van der Waals surface area contributed by atoms with Gasteiger partial charge in [0.2, 0.25) is 5.91 Å². The van der Waals surface area contributed by atoms with Gasteiger partial charge in [-0.2, -0.15) is 0 Å². The van der Waals surface area contributed by atoms with Crippen LogP contribution in [0.2, 0.25) is 0 Å². The quantitative estimate of drug-likeness (QED) is 0.425. The van der Waals surface area contributed by atoms with Gasteiger partial charge in [-0.25, -0.2) is 4.98 Å². The summed E-state index contributed by atoms with van der Waals surface area (Å²) >= 11 is 0. The second kappa shape index (κ2) is 7.00. The first kappa shape index (κ1) is 17.6. The van der Waals surface area contributed by atoms with Crippen molar-refractivity contribution in [3.63, 3.8) is 0 Å². The number of amides is 1. The van der Waals surface area contributed by atoms with E-state index in [2.05, 4.69) is 22.0 Å². The normalized spacial score (nSPS) is 13.4. The van der Waals surface area contributed by atoms with Crippen molar-refractivity contribution in [1.82, 2.24) is 4.98 Å². The van der Waals surface area contributed by atoms with Crippen LogP contribution in [0.4, 0.5) is 5.82 Å². The Morgan fingerprint density at radius 3 is 2.59 bits per heavy atom. The highest BCUT2D eigenvalue weighted by molar-refractivity contribution is 5.93. The standard InChI is InChI=1S/C16H22N4O2/c1-10(18-5)9-12(11(2)15(17)21)19-14-8-6-7-13(20-14)16(3,4)22/h6-9,22H,5H2,1-4H3,(H2,17,21)(H,19,20)/b10-9-,12-11-. The van der Waals surface area contributed by atoms with E-state index in [4.69, 9.17) is 5.73 Å². The zero-order chi connectivity index (χ0) is 16.9. The lowest BCUT2D eigenvalue weighted by Crippen LogP contribution is -2.19. The number of aliphatic hydroxyl groups is 1. The number of nitrogens with zero attached hydrogens (tertiary/aromatic N) is 2. The second-order valence-electron chi connectivity index (χ2n) is 5.44. The molecule has 0 saturated carbocycles. The van der Waals surface area contributed by atoms with Gasteiger partial charge < -0.3 is 16.2 Å². The lowest BCUT2D eigenvalue weighted by molar-refractivity contribution is -0.114. The molecule has 0 aliphatic heterocycles. The van der Waals surface area contributed by atoms with Gasteiger partial charge in [0.25, 0.3) is 0 Å².